The van der Waals surface area contributed by atoms with Gasteiger partial charge in [-0.3, -0.25) is 0 Å². The number of benzene rings is 2. The van der Waals surface area contributed by atoms with Crippen LogP contribution in [-0.4, -0.2) is 29.0 Å². The van der Waals surface area contributed by atoms with Crippen LogP contribution in [0.3, 0.4) is 0 Å². The molecule has 0 atom stereocenters. The molecule has 4 rings (SSSR count). The first-order valence-corrected chi connectivity index (χ1v) is 9.59. The van der Waals surface area contributed by atoms with Gasteiger partial charge in [-0.15, -0.1) is 0 Å². The second-order valence-electron chi connectivity index (χ2n) is 7.33. The van der Waals surface area contributed by atoms with Crippen LogP contribution < -0.4 is 15.2 Å². The van der Waals surface area contributed by atoms with Gasteiger partial charge in [0.25, 0.3) is 0 Å². The lowest BCUT2D eigenvalue weighted by Crippen LogP contribution is -2.25. The predicted molar refractivity (Wildman–Crippen MR) is 108 cm³/mol. The Labute approximate surface area is 165 Å². The van der Waals surface area contributed by atoms with Crippen molar-refractivity contribution < 1.29 is 9.47 Å². The Morgan fingerprint density at radius 2 is 1.75 bits per heavy atom. The maximum absolute atomic E-state index is 6.47. The van der Waals surface area contributed by atoms with Crippen LogP contribution >= 0.6 is 0 Å². The number of aryl methyl sites for hydroxylation is 2. The summed E-state index contributed by atoms with van der Waals surface area (Å²) in [6.07, 6.45) is 3.46. The highest BCUT2D eigenvalue weighted by Crippen LogP contribution is 2.41. The normalized spacial score (nSPS) is 14.7. The van der Waals surface area contributed by atoms with E-state index in [4.69, 9.17) is 25.3 Å². The summed E-state index contributed by atoms with van der Waals surface area (Å²) in [6.45, 7) is 0.775. The molecule has 1 aromatic heterocycles. The fourth-order valence-corrected chi connectivity index (χ4v) is 3.40. The number of nitrogens with zero attached hydrogens (tertiary/aromatic N) is 3. The minimum atomic E-state index is -0.320. The maximum Gasteiger partial charge on any atom is 0.161 e. The van der Waals surface area contributed by atoms with Crippen molar-refractivity contribution in [1.82, 2.24) is 14.8 Å². The van der Waals surface area contributed by atoms with Gasteiger partial charge in [-0.2, -0.15) is 5.10 Å². The predicted octanol–water partition coefficient (Wildman–Crippen LogP) is 3.08. The Morgan fingerprint density at radius 3 is 2.43 bits per heavy atom. The minimum absolute atomic E-state index is 0.320. The Hall–Kier alpha value is -2.86. The van der Waals surface area contributed by atoms with Gasteiger partial charge in [-0.25, -0.2) is 9.67 Å². The highest BCUT2D eigenvalue weighted by atomic mass is 16.5. The van der Waals surface area contributed by atoms with Crippen molar-refractivity contribution in [3.63, 3.8) is 0 Å². The summed E-state index contributed by atoms with van der Waals surface area (Å²) in [5.74, 6) is 3.11. The molecule has 0 radical (unpaired) electrons. The average Bonchev–Trinajstić information content (AvgIpc) is 3.34. The molecule has 6 heteroatoms. The van der Waals surface area contributed by atoms with E-state index in [1.807, 2.05) is 28.9 Å². The Balaban J connectivity index is 1.56. The topological polar surface area (TPSA) is 75.2 Å². The van der Waals surface area contributed by atoms with E-state index < -0.39 is 0 Å². The van der Waals surface area contributed by atoms with Crippen LogP contribution in [0.15, 0.2) is 48.5 Å². The molecule has 0 spiro atoms. The molecule has 1 heterocycles. The molecule has 0 bridgehead atoms. The molecule has 6 nitrogen and oxygen atoms in total. The van der Waals surface area contributed by atoms with Gasteiger partial charge in [-0.1, -0.05) is 36.4 Å². The molecular formula is C22H26N4O2. The number of ether oxygens (including phenoxy) is 2. The van der Waals surface area contributed by atoms with Gasteiger partial charge in [0, 0.05) is 13.0 Å². The summed E-state index contributed by atoms with van der Waals surface area (Å²) in [4.78, 5) is 4.80. The summed E-state index contributed by atoms with van der Waals surface area (Å²) in [5.41, 5.74) is 8.51. The number of hydrogen-bond donors (Lipinski definition) is 1. The first-order chi connectivity index (χ1) is 13.6. The molecule has 1 aliphatic carbocycles. The van der Waals surface area contributed by atoms with Crippen LogP contribution in [-0.2, 0) is 24.9 Å². The number of aromatic nitrogens is 3. The van der Waals surface area contributed by atoms with E-state index in [1.165, 1.54) is 5.56 Å². The molecule has 1 aliphatic rings. The summed E-state index contributed by atoms with van der Waals surface area (Å²) in [6, 6.07) is 16.3. The van der Waals surface area contributed by atoms with E-state index in [2.05, 4.69) is 24.3 Å². The molecule has 1 saturated carbocycles. The van der Waals surface area contributed by atoms with Crippen molar-refractivity contribution in [2.24, 2.45) is 5.73 Å². The molecule has 2 N–H and O–H groups in total. The summed E-state index contributed by atoms with van der Waals surface area (Å²) in [7, 11) is 3.28. The van der Waals surface area contributed by atoms with Gasteiger partial charge < -0.3 is 15.2 Å². The van der Waals surface area contributed by atoms with Crippen molar-refractivity contribution in [1.29, 1.82) is 0 Å². The first-order valence-electron chi connectivity index (χ1n) is 9.59. The number of rotatable bonds is 8. The molecule has 28 heavy (non-hydrogen) atoms. The van der Waals surface area contributed by atoms with Crippen molar-refractivity contribution in [3.8, 4) is 11.5 Å². The summed E-state index contributed by atoms with van der Waals surface area (Å²) in [5, 5.41) is 4.78. The second kappa shape index (κ2) is 7.64. The van der Waals surface area contributed by atoms with Crippen LogP contribution in [0.4, 0.5) is 0 Å². The minimum Gasteiger partial charge on any atom is -0.493 e. The van der Waals surface area contributed by atoms with E-state index in [9.17, 15) is 0 Å². The quantitative estimate of drug-likeness (QED) is 0.652. The lowest BCUT2D eigenvalue weighted by Gasteiger charge is -2.10. The molecule has 2 aromatic carbocycles. The van der Waals surface area contributed by atoms with Gasteiger partial charge in [0.05, 0.1) is 19.8 Å². The van der Waals surface area contributed by atoms with E-state index >= 15 is 0 Å². The lowest BCUT2D eigenvalue weighted by atomic mass is 10.1. The van der Waals surface area contributed by atoms with Crippen molar-refractivity contribution >= 4 is 0 Å². The molecule has 146 valence electrons. The Morgan fingerprint density at radius 1 is 1.00 bits per heavy atom. The zero-order chi connectivity index (χ0) is 19.6. The van der Waals surface area contributed by atoms with Crippen LogP contribution in [0.25, 0.3) is 0 Å². The van der Waals surface area contributed by atoms with Crippen LogP contribution in [0.5, 0.6) is 11.5 Å². The van der Waals surface area contributed by atoms with Crippen molar-refractivity contribution in [2.45, 2.75) is 37.8 Å². The molecule has 0 saturated heterocycles. The van der Waals surface area contributed by atoms with Gasteiger partial charge in [-0.05, 0) is 42.5 Å². The molecular weight excluding hydrogens is 352 g/mol. The van der Waals surface area contributed by atoms with Crippen LogP contribution in [0.2, 0.25) is 0 Å². The zero-order valence-corrected chi connectivity index (χ0v) is 16.4. The Bertz CT molecular complexity index is 948. The highest BCUT2D eigenvalue weighted by molar-refractivity contribution is 5.43. The van der Waals surface area contributed by atoms with Crippen LogP contribution in [0, 0.1) is 0 Å². The monoisotopic (exact) mass is 378 g/mol. The number of methoxy groups -OCH3 is 2. The molecule has 0 amide bonds. The average molecular weight is 378 g/mol. The van der Waals surface area contributed by atoms with Gasteiger partial charge in [0.2, 0.25) is 0 Å². The molecule has 1 fully saturated rings. The third kappa shape index (κ3) is 3.87. The highest BCUT2D eigenvalue weighted by Gasteiger charge is 2.44. The third-order valence-corrected chi connectivity index (χ3v) is 5.21. The first kappa shape index (κ1) is 18.5. The van der Waals surface area contributed by atoms with Gasteiger partial charge >= 0.3 is 0 Å². The van der Waals surface area contributed by atoms with Gasteiger partial charge in [0.1, 0.15) is 5.82 Å². The fraction of sp³-hybridized carbons (Fsp3) is 0.364. The van der Waals surface area contributed by atoms with Crippen molar-refractivity contribution in [2.75, 3.05) is 14.2 Å². The number of nitrogens with two attached hydrogens (primary N) is 1. The second-order valence-corrected chi connectivity index (χ2v) is 7.33. The summed E-state index contributed by atoms with van der Waals surface area (Å²) < 4.78 is 12.7. The molecule has 0 unspecified atom stereocenters. The van der Waals surface area contributed by atoms with E-state index in [0.29, 0.717) is 17.9 Å². The summed E-state index contributed by atoms with van der Waals surface area (Å²) >= 11 is 0. The van der Waals surface area contributed by atoms with Crippen molar-refractivity contribution in [3.05, 3.63) is 71.3 Å². The maximum atomic E-state index is 6.47. The fourth-order valence-electron chi connectivity index (χ4n) is 3.40. The number of hydrogen-bond acceptors (Lipinski definition) is 5. The van der Waals surface area contributed by atoms with E-state index in [0.717, 1.165) is 43.0 Å². The Kier molecular flexibility index (Phi) is 5.05. The largest absolute Gasteiger partial charge is 0.493 e. The van der Waals surface area contributed by atoms with Crippen LogP contribution in [0.1, 0.15) is 35.6 Å². The van der Waals surface area contributed by atoms with E-state index in [1.54, 1.807) is 14.2 Å². The molecule has 3 aromatic rings. The zero-order valence-electron chi connectivity index (χ0n) is 16.4. The third-order valence-electron chi connectivity index (χ3n) is 5.21. The standard InChI is InChI=1S/C22H26N4O2/c1-27-18-9-8-17(14-19(18)28-2)15-20-24-21(22(23)11-12-22)26(25-20)13-10-16-6-4-3-5-7-16/h3-9,14H,10-13,15,23H2,1-2H3. The van der Waals surface area contributed by atoms with E-state index in [-0.39, 0.29) is 5.54 Å². The SMILES string of the molecule is COc1ccc(Cc2nc(C3(N)CC3)n(CCc3ccccc3)n2)cc1OC. The lowest BCUT2D eigenvalue weighted by molar-refractivity contribution is 0.354. The smallest absolute Gasteiger partial charge is 0.161 e. The van der Waals surface area contributed by atoms with Gasteiger partial charge in [0.15, 0.2) is 17.3 Å². The molecule has 0 aliphatic heterocycles.